The van der Waals surface area contributed by atoms with Gasteiger partial charge in [0.1, 0.15) is 12.3 Å². The minimum Gasteiger partial charge on any atom is -0.495 e. The quantitative estimate of drug-likeness (QED) is 0.591. The summed E-state index contributed by atoms with van der Waals surface area (Å²) in [5.74, 6) is 0.0317. The molecule has 0 fully saturated rings. The van der Waals surface area contributed by atoms with Crippen LogP contribution in [0, 0.1) is 20.8 Å². The van der Waals surface area contributed by atoms with Gasteiger partial charge in [-0.05, 0) is 73.9 Å². The molecule has 0 bridgehead atoms. The van der Waals surface area contributed by atoms with Crippen molar-refractivity contribution in [1.29, 1.82) is 0 Å². The van der Waals surface area contributed by atoms with E-state index in [-0.39, 0.29) is 11.4 Å². The van der Waals surface area contributed by atoms with Gasteiger partial charge in [-0.2, -0.15) is 0 Å². The Morgan fingerprint density at radius 1 is 0.935 bits per heavy atom. The lowest BCUT2D eigenvalue weighted by molar-refractivity contribution is -0.114. The van der Waals surface area contributed by atoms with Crippen LogP contribution in [0.2, 0.25) is 0 Å². The first-order chi connectivity index (χ1) is 14.7. The predicted octanol–water partition coefficient (Wildman–Crippen LogP) is 4.45. The maximum Gasteiger partial charge on any atom is 0.264 e. The number of benzene rings is 3. The first-order valence-corrected chi connectivity index (χ1v) is 11.3. The topological polar surface area (TPSA) is 75.7 Å². The van der Waals surface area contributed by atoms with Crippen LogP contribution < -0.4 is 14.4 Å². The zero-order chi connectivity index (χ0) is 22.6. The summed E-state index contributed by atoms with van der Waals surface area (Å²) >= 11 is 0. The molecular weight excluding hydrogens is 412 g/mol. The summed E-state index contributed by atoms with van der Waals surface area (Å²) in [7, 11) is -2.44. The summed E-state index contributed by atoms with van der Waals surface area (Å²) in [4.78, 5) is 13.1. The second kappa shape index (κ2) is 9.22. The Labute approximate surface area is 183 Å². The highest BCUT2D eigenvalue weighted by Gasteiger charge is 2.27. The van der Waals surface area contributed by atoms with E-state index in [9.17, 15) is 13.2 Å². The van der Waals surface area contributed by atoms with Gasteiger partial charge in [0.25, 0.3) is 10.0 Å². The number of aryl methyl sites for hydroxylation is 3. The molecular formula is C24H26N2O4S. The molecule has 0 heterocycles. The number of carbonyl (C=O) groups excluding carboxylic acids is 1. The van der Waals surface area contributed by atoms with Gasteiger partial charge in [-0.15, -0.1) is 0 Å². The summed E-state index contributed by atoms with van der Waals surface area (Å²) in [6.07, 6.45) is 0. The third kappa shape index (κ3) is 5.06. The van der Waals surface area contributed by atoms with Crippen LogP contribution in [0.4, 0.5) is 11.4 Å². The van der Waals surface area contributed by atoms with Crippen molar-refractivity contribution in [2.24, 2.45) is 0 Å². The Hall–Kier alpha value is -3.32. The summed E-state index contributed by atoms with van der Waals surface area (Å²) < 4.78 is 33.3. The molecule has 0 aliphatic heterocycles. The Balaban J connectivity index is 1.98. The Kier molecular flexibility index (Phi) is 6.65. The maximum atomic E-state index is 13.4. The molecule has 1 N–H and O–H groups in total. The number of hydrogen-bond donors (Lipinski definition) is 1. The van der Waals surface area contributed by atoms with Gasteiger partial charge >= 0.3 is 0 Å². The molecule has 0 unspecified atom stereocenters. The number of nitrogens with zero attached hydrogens (tertiary/aromatic N) is 1. The summed E-state index contributed by atoms with van der Waals surface area (Å²) in [5, 5.41) is 2.78. The normalized spacial score (nSPS) is 11.1. The monoisotopic (exact) mass is 438 g/mol. The number of methoxy groups -OCH3 is 1. The number of sulfonamides is 1. The third-order valence-corrected chi connectivity index (χ3v) is 6.81. The van der Waals surface area contributed by atoms with E-state index in [1.807, 2.05) is 32.9 Å². The lowest BCUT2D eigenvalue weighted by Gasteiger charge is -2.25. The third-order valence-electron chi connectivity index (χ3n) is 5.03. The highest BCUT2D eigenvalue weighted by atomic mass is 32.2. The molecule has 162 valence electrons. The number of carbonyl (C=O) groups is 1. The number of hydrogen-bond acceptors (Lipinski definition) is 4. The average Bonchev–Trinajstić information content (AvgIpc) is 2.75. The second-order valence-corrected chi connectivity index (χ2v) is 9.21. The van der Waals surface area contributed by atoms with Crippen molar-refractivity contribution in [2.45, 2.75) is 25.7 Å². The van der Waals surface area contributed by atoms with E-state index < -0.39 is 15.9 Å². The van der Waals surface area contributed by atoms with Gasteiger partial charge in [0.2, 0.25) is 5.91 Å². The molecule has 0 radical (unpaired) electrons. The lowest BCUT2D eigenvalue weighted by Crippen LogP contribution is -2.38. The van der Waals surface area contributed by atoms with Gasteiger partial charge in [0.15, 0.2) is 0 Å². The largest absolute Gasteiger partial charge is 0.495 e. The zero-order valence-electron chi connectivity index (χ0n) is 18.0. The van der Waals surface area contributed by atoms with Crippen LogP contribution in [0.5, 0.6) is 5.75 Å². The Morgan fingerprint density at radius 3 is 2.29 bits per heavy atom. The summed E-state index contributed by atoms with van der Waals surface area (Å²) in [6.45, 7) is 5.38. The molecule has 3 rings (SSSR count). The smallest absolute Gasteiger partial charge is 0.264 e. The van der Waals surface area contributed by atoms with Crippen molar-refractivity contribution >= 4 is 27.3 Å². The molecule has 0 saturated carbocycles. The first-order valence-electron chi connectivity index (χ1n) is 9.82. The van der Waals surface area contributed by atoms with E-state index in [0.29, 0.717) is 17.1 Å². The van der Waals surface area contributed by atoms with Crippen molar-refractivity contribution in [3.05, 3.63) is 83.4 Å². The number of anilines is 2. The van der Waals surface area contributed by atoms with Crippen molar-refractivity contribution in [3.63, 3.8) is 0 Å². The van der Waals surface area contributed by atoms with Gasteiger partial charge in [0, 0.05) is 0 Å². The first kappa shape index (κ1) is 22.4. The lowest BCUT2D eigenvalue weighted by atomic mass is 10.1. The van der Waals surface area contributed by atoms with Gasteiger partial charge in [-0.1, -0.05) is 30.3 Å². The predicted molar refractivity (Wildman–Crippen MR) is 123 cm³/mol. The Bertz CT molecular complexity index is 1190. The van der Waals surface area contributed by atoms with Crippen molar-refractivity contribution < 1.29 is 17.9 Å². The van der Waals surface area contributed by atoms with E-state index in [4.69, 9.17) is 4.74 Å². The SMILES string of the molecule is COc1ccc(C)cc1NC(=O)CN(c1ccc(C)c(C)c1)S(=O)(=O)c1ccccc1. The van der Waals surface area contributed by atoms with Crippen molar-refractivity contribution in [3.8, 4) is 5.75 Å². The molecule has 0 aliphatic rings. The van der Waals surface area contributed by atoms with Crippen LogP contribution in [0.15, 0.2) is 71.6 Å². The molecule has 1 amide bonds. The highest BCUT2D eigenvalue weighted by molar-refractivity contribution is 7.92. The van der Waals surface area contributed by atoms with E-state index in [1.165, 1.54) is 19.2 Å². The van der Waals surface area contributed by atoms with Crippen LogP contribution in [0.1, 0.15) is 16.7 Å². The fraction of sp³-hybridized carbons (Fsp3) is 0.208. The molecule has 7 heteroatoms. The molecule has 3 aromatic carbocycles. The molecule has 0 aromatic heterocycles. The average molecular weight is 439 g/mol. The molecule has 0 atom stereocenters. The van der Waals surface area contributed by atoms with Crippen LogP contribution in [0.25, 0.3) is 0 Å². The van der Waals surface area contributed by atoms with E-state index >= 15 is 0 Å². The maximum absolute atomic E-state index is 13.4. The molecule has 0 saturated heterocycles. The van der Waals surface area contributed by atoms with E-state index in [1.54, 1.807) is 42.5 Å². The van der Waals surface area contributed by atoms with E-state index in [0.717, 1.165) is 21.0 Å². The second-order valence-electron chi connectivity index (χ2n) is 7.35. The minimum absolute atomic E-state index is 0.120. The van der Waals surface area contributed by atoms with E-state index in [2.05, 4.69) is 5.32 Å². The minimum atomic E-state index is -3.95. The van der Waals surface area contributed by atoms with Gasteiger partial charge in [0.05, 0.1) is 23.4 Å². The molecule has 6 nitrogen and oxygen atoms in total. The van der Waals surface area contributed by atoms with Crippen molar-refractivity contribution in [2.75, 3.05) is 23.3 Å². The Morgan fingerprint density at radius 2 is 1.65 bits per heavy atom. The van der Waals surface area contributed by atoms with Gasteiger partial charge < -0.3 is 10.1 Å². The van der Waals surface area contributed by atoms with Crippen LogP contribution >= 0.6 is 0 Å². The summed E-state index contributed by atoms with van der Waals surface area (Å²) in [5.41, 5.74) is 3.84. The number of amides is 1. The fourth-order valence-corrected chi connectivity index (χ4v) is 4.59. The molecule has 31 heavy (non-hydrogen) atoms. The highest BCUT2D eigenvalue weighted by Crippen LogP contribution is 2.28. The number of ether oxygens (including phenoxy) is 1. The van der Waals surface area contributed by atoms with Crippen LogP contribution in [0.3, 0.4) is 0 Å². The zero-order valence-corrected chi connectivity index (χ0v) is 18.9. The van der Waals surface area contributed by atoms with Crippen LogP contribution in [-0.2, 0) is 14.8 Å². The number of nitrogens with one attached hydrogen (secondary N) is 1. The van der Waals surface area contributed by atoms with Gasteiger partial charge in [-0.25, -0.2) is 8.42 Å². The molecule has 0 aliphatic carbocycles. The van der Waals surface area contributed by atoms with Crippen LogP contribution in [-0.4, -0.2) is 28.0 Å². The fourth-order valence-electron chi connectivity index (χ4n) is 3.16. The summed E-state index contributed by atoms with van der Waals surface area (Å²) in [6, 6.07) is 18.8. The van der Waals surface area contributed by atoms with Gasteiger partial charge in [-0.3, -0.25) is 9.10 Å². The standard InChI is InChI=1S/C24H26N2O4S/c1-17-10-13-23(30-4)22(14-17)25-24(27)16-26(20-12-11-18(2)19(3)15-20)31(28,29)21-8-6-5-7-9-21/h5-15H,16H2,1-4H3,(H,25,27). The molecule has 0 spiro atoms. The van der Waals surface area contributed by atoms with Crippen molar-refractivity contribution in [1.82, 2.24) is 0 Å². The molecule has 3 aromatic rings. The number of rotatable bonds is 7.